The van der Waals surface area contributed by atoms with E-state index < -0.39 is 0 Å². The zero-order chi connectivity index (χ0) is 16.1. The van der Waals surface area contributed by atoms with Gasteiger partial charge >= 0.3 is 0 Å². The highest BCUT2D eigenvalue weighted by Gasteiger charge is 2.23. The summed E-state index contributed by atoms with van der Waals surface area (Å²) in [5, 5.41) is 0.831. The third-order valence-electron chi connectivity index (χ3n) is 4.54. The number of benzene rings is 1. The van der Waals surface area contributed by atoms with Gasteiger partial charge < -0.3 is 9.64 Å². The summed E-state index contributed by atoms with van der Waals surface area (Å²) in [6.07, 6.45) is 0. The average molecular weight is 338 g/mol. The largest absolute Gasteiger partial charge is 0.378 e. The van der Waals surface area contributed by atoms with Gasteiger partial charge in [-0.25, -0.2) is 0 Å². The van der Waals surface area contributed by atoms with Crippen molar-refractivity contribution in [2.45, 2.75) is 6.54 Å². The van der Waals surface area contributed by atoms with Crippen molar-refractivity contribution in [3.63, 3.8) is 0 Å². The quantitative estimate of drug-likeness (QED) is 0.830. The Morgan fingerprint density at radius 3 is 2.35 bits per heavy atom. The fourth-order valence-corrected chi connectivity index (χ4v) is 3.27. The molecule has 0 N–H and O–H groups in total. The van der Waals surface area contributed by atoms with Crippen molar-refractivity contribution >= 4 is 17.5 Å². The van der Waals surface area contributed by atoms with E-state index in [0.717, 1.165) is 50.8 Å². The zero-order valence-electron chi connectivity index (χ0n) is 13.4. The molecule has 0 saturated carbocycles. The van der Waals surface area contributed by atoms with E-state index >= 15 is 0 Å². The summed E-state index contributed by atoms with van der Waals surface area (Å²) in [5.41, 5.74) is 1.17. The van der Waals surface area contributed by atoms with E-state index in [2.05, 4.69) is 15.9 Å². The number of hydrogen-bond donors (Lipinski definition) is 0. The molecule has 126 valence electrons. The van der Waals surface area contributed by atoms with Gasteiger partial charge in [-0.05, 0) is 11.6 Å². The summed E-state index contributed by atoms with van der Waals surface area (Å²) in [6.45, 7) is 8.00. The lowest BCUT2D eigenvalue weighted by atomic mass is 10.2. The lowest BCUT2D eigenvalue weighted by Gasteiger charge is -2.36. The first kappa shape index (κ1) is 16.7. The molecule has 2 fully saturated rings. The van der Waals surface area contributed by atoms with Gasteiger partial charge in [0.15, 0.2) is 0 Å². The van der Waals surface area contributed by atoms with Gasteiger partial charge in [-0.3, -0.25) is 14.6 Å². The Morgan fingerprint density at radius 2 is 1.65 bits per heavy atom. The van der Waals surface area contributed by atoms with E-state index in [1.807, 2.05) is 23.1 Å². The molecule has 1 aromatic carbocycles. The normalized spacial score (nSPS) is 20.7. The summed E-state index contributed by atoms with van der Waals surface area (Å²) in [4.78, 5) is 18.8. The molecule has 0 atom stereocenters. The van der Waals surface area contributed by atoms with Crippen LogP contribution in [0.4, 0.5) is 0 Å². The molecule has 23 heavy (non-hydrogen) atoms. The second-order valence-electron chi connectivity index (χ2n) is 6.14. The second kappa shape index (κ2) is 8.11. The molecule has 1 amide bonds. The topological polar surface area (TPSA) is 36.0 Å². The van der Waals surface area contributed by atoms with Crippen molar-refractivity contribution in [1.82, 2.24) is 14.7 Å². The summed E-state index contributed by atoms with van der Waals surface area (Å²) in [5.74, 6) is 0.229. The van der Waals surface area contributed by atoms with Crippen LogP contribution in [-0.2, 0) is 16.1 Å². The average Bonchev–Trinajstić information content (AvgIpc) is 2.59. The maximum Gasteiger partial charge on any atom is 0.236 e. The van der Waals surface area contributed by atoms with Crippen LogP contribution in [0.2, 0.25) is 5.02 Å². The summed E-state index contributed by atoms with van der Waals surface area (Å²) >= 11 is 6.23. The van der Waals surface area contributed by atoms with Crippen LogP contribution >= 0.6 is 11.6 Å². The van der Waals surface area contributed by atoms with Crippen LogP contribution in [0, 0.1) is 0 Å². The van der Waals surface area contributed by atoms with E-state index in [0.29, 0.717) is 19.8 Å². The van der Waals surface area contributed by atoms with Gasteiger partial charge in [-0.1, -0.05) is 29.8 Å². The number of halogens is 1. The zero-order valence-corrected chi connectivity index (χ0v) is 14.2. The first-order valence-electron chi connectivity index (χ1n) is 8.26. The highest BCUT2D eigenvalue weighted by molar-refractivity contribution is 6.31. The van der Waals surface area contributed by atoms with Crippen LogP contribution < -0.4 is 0 Å². The molecule has 6 heteroatoms. The Bertz CT molecular complexity index is 526. The van der Waals surface area contributed by atoms with Crippen molar-refractivity contribution in [2.75, 3.05) is 59.0 Å². The van der Waals surface area contributed by atoms with Gasteiger partial charge in [0.25, 0.3) is 0 Å². The van der Waals surface area contributed by atoms with E-state index in [9.17, 15) is 4.79 Å². The molecule has 0 spiro atoms. The van der Waals surface area contributed by atoms with Gasteiger partial charge in [-0.15, -0.1) is 0 Å². The number of carbonyl (C=O) groups excluding carboxylic acids is 1. The molecular formula is C17H24ClN3O2. The Morgan fingerprint density at radius 1 is 1.00 bits per heavy atom. The number of rotatable bonds is 4. The standard InChI is InChI=1S/C17H24ClN3O2/c18-16-4-2-1-3-15(16)13-19-5-7-20(8-6-19)14-17(22)21-9-11-23-12-10-21/h1-4H,5-14H2. The predicted molar refractivity (Wildman–Crippen MR) is 90.6 cm³/mol. The predicted octanol–water partition coefficient (Wildman–Crippen LogP) is 1.32. The van der Waals surface area contributed by atoms with E-state index in [-0.39, 0.29) is 5.91 Å². The highest BCUT2D eigenvalue weighted by Crippen LogP contribution is 2.17. The third kappa shape index (κ3) is 4.67. The number of carbonyl (C=O) groups is 1. The minimum absolute atomic E-state index is 0.229. The van der Waals surface area contributed by atoms with Gasteiger partial charge in [0.1, 0.15) is 0 Å². The molecule has 2 heterocycles. The molecular weight excluding hydrogens is 314 g/mol. The Hall–Kier alpha value is -1.14. The third-order valence-corrected chi connectivity index (χ3v) is 4.91. The number of piperazine rings is 1. The van der Waals surface area contributed by atoms with Crippen molar-refractivity contribution < 1.29 is 9.53 Å². The van der Waals surface area contributed by atoms with Crippen LogP contribution in [0.15, 0.2) is 24.3 Å². The fourth-order valence-electron chi connectivity index (χ4n) is 3.08. The summed E-state index contributed by atoms with van der Waals surface area (Å²) in [6, 6.07) is 8.00. The van der Waals surface area contributed by atoms with Crippen LogP contribution in [0.3, 0.4) is 0 Å². The number of hydrogen-bond acceptors (Lipinski definition) is 4. The van der Waals surface area contributed by atoms with E-state index in [4.69, 9.17) is 16.3 Å². The molecule has 5 nitrogen and oxygen atoms in total. The number of nitrogens with zero attached hydrogens (tertiary/aromatic N) is 3. The van der Waals surface area contributed by atoms with Crippen LogP contribution in [-0.4, -0.2) is 79.6 Å². The van der Waals surface area contributed by atoms with Crippen LogP contribution in [0.1, 0.15) is 5.56 Å². The smallest absolute Gasteiger partial charge is 0.236 e. The number of ether oxygens (including phenoxy) is 1. The first-order valence-corrected chi connectivity index (χ1v) is 8.64. The highest BCUT2D eigenvalue weighted by atomic mass is 35.5. The molecule has 0 bridgehead atoms. The fraction of sp³-hybridized carbons (Fsp3) is 0.588. The molecule has 0 aromatic heterocycles. The summed E-state index contributed by atoms with van der Waals surface area (Å²) in [7, 11) is 0. The van der Waals surface area contributed by atoms with Gasteiger partial charge in [-0.2, -0.15) is 0 Å². The molecule has 1 aromatic rings. The van der Waals surface area contributed by atoms with Crippen molar-refractivity contribution in [1.29, 1.82) is 0 Å². The van der Waals surface area contributed by atoms with E-state index in [1.165, 1.54) is 5.56 Å². The van der Waals surface area contributed by atoms with Crippen LogP contribution in [0.5, 0.6) is 0 Å². The molecule has 2 saturated heterocycles. The Labute approximate surface area is 142 Å². The minimum atomic E-state index is 0.229. The van der Waals surface area contributed by atoms with Crippen LogP contribution in [0.25, 0.3) is 0 Å². The molecule has 0 unspecified atom stereocenters. The molecule has 0 aliphatic carbocycles. The Kier molecular flexibility index (Phi) is 5.89. The maximum absolute atomic E-state index is 12.3. The Balaban J connectivity index is 1.43. The lowest BCUT2D eigenvalue weighted by Crippen LogP contribution is -2.51. The van der Waals surface area contributed by atoms with E-state index in [1.54, 1.807) is 0 Å². The molecule has 3 rings (SSSR count). The monoisotopic (exact) mass is 337 g/mol. The number of amides is 1. The number of morpholine rings is 1. The first-order chi connectivity index (χ1) is 11.2. The molecule has 2 aliphatic heterocycles. The maximum atomic E-state index is 12.3. The van der Waals surface area contributed by atoms with Crippen molar-refractivity contribution in [3.8, 4) is 0 Å². The lowest BCUT2D eigenvalue weighted by molar-refractivity contribution is -0.136. The molecule has 2 aliphatic rings. The van der Waals surface area contributed by atoms with Gasteiger partial charge in [0.05, 0.1) is 19.8 Å². The molecule has 0 radical (unpaired) electrons. The second-order valence-corrected chi connectivity index (χ2v) is 6.54. The van der Waals surface area contributed by atoms with Gasteiger partial charge in [0, 0.05) is 50.8 Å². The van der Waals surface area contributed by atoms with Crippen molar-refractivity contribution in [2.24, 2.45) is 0 Å². The SMILES string of the molecule is O=C(CN1CCN(Cc2ccccc2Cl)CC1)N1CCOCC1. The minimum Gasteiger partial charge on any atom is -0.378 e. The summed E-state index contributed by atoms with van der Waals surface area (Å²) < 4.78 is 5.30. The van der Waals surface area contributed by atoms with Gasteiger partial charge in [0.2, 0.25) is 5.91 Å². The van der Waals surface area contributed by atoms with Crippen molar-refractivity contribution in [3.05, 3.63) is 34.9 Å².